The zero-order valence-electron chi connectivity index (χ0n) is 12.9. The van der Waals surface area contributed by atoms with Crippen molar-refractivity contribution in [2.75, 3.05) is 0 Å². The van der Waals surface area contributed by atoms with Crippen LogP contribution in [0.3, 0.4) is 0 Å². The molecule has 0 aliphatic heterocycles. The van der Waals surface area contributed by atoms with Gasteiger partial charge in [0.15, 0.2) is 0 Å². The molecule has 0 aliphatic rings. The molecule has 116 valence electrons. The van der Waals surface area contributed by atoms with Crippen LogP contribution in [0.5, 0.6) is 0 Å². The van der Waals surface area contributed by atoms with E-state index in [0.717, 1.165) is 12.0 Å². The zero-order valence-corrected chi connectivity index (χ0v) is 12.9. The summed E-state index contributed by atoms with van der Waals surface area (Å²) in [5.74, 6) is -2.46. The molecule has 4 heteroatoms. The van der Waals surface area contributed by atoms with Gasteiger partial charge in [0.1, 0.15) is 5.60 Å². The molecule has 0 amide bonds. The number of benzene rings is 1. The Kier molecular flexibility index (Phi) is 6.40. The second-order valence-corrected chi connectivity index (χ2v) is 6.18. The van der Waals surface area contributed by atoms with Crippen molar-refractivity contribution in [1.29, 1.82) is 0 Å². The second-order valence-electron chi connectivity index (χ2n) is 6.18. The van der Waals surface area contributed by atoms with Crippen LogP contribution in [0.2, 0.25) is 0 Å². The van der Waals surface area contributed by atoms with Gasteiger partial charge < -0.3 is 14.6 Å². The Labute approximate surface area is 126 Å². The Morgan fingerprint density at radius 2 is 1.81 bits per heavy atom. The number of carboxylic acid groups (broad SMARTS) is 1. The minimum Gasteiger partial charge on any atom is -0.550 e. The lowest BCUT2D eigenvalue weighted by Crippen LogP contribution is -2.34. The van der Waals surface area contributed by atoms with E-state index in [2.05, 4.69) is 0 Å². The molecule has 0 spiro atoms. The minimum absolute atomic E-state index is 0.131. The van der Waals surface area contributed by atoms with Crippen LogP contribution in [0.15, 0.2) is 30.3 Å². The molecular formula is C17H23O4-. The number of carbonyl (C=O) groups is 2. The molecule has 0 saturated carbocycles. The predicted octanol–water partition coefficient (Wildman–Crippen LogP) is 2.11. The quantitative estimate of drug-likeness (QED) is 0.722. The molecule has 0 heterocycles. The van der Waals surface area contributed by atoms with Crippen molar-refractivity contribution < 1.29 is 19.4 Å². The van der Waals surface area contributed by atoms with Gasteiger partial charge in [-0.25, -0.2) is 0 Å². The molecule has 1 aromatic carbocycles. The Hall–Kier alpha value is -1.84. The lowest BCUT2D eigenvalue weighted by Gasteiger charge is -2.22. The van der Waals surface area contributed by atoms with E-state index in [1.807, 2.05) is 30.3 Å². The first-order valence-corrected chi connectivity index (χ1v) is 7.24. The topological polar surface area (TPSA) is 66.4 Å². The molecule has 1 rings (SSSR count). The summed E-state index contributed by atoms with van der Waals surface area (Å²) < 4.78 is 5.15. The molecule has 1 atom stereocenters. The number of ether oxygens (including phenoxy) is 1. The molecule has 1 unspecified atom stereocenters. The third kappa shape index (κ3) is 7.49. The number of esters is 1. The maximum absolute atomic E-state index is 11.7. The predicted molar refractivity (Wildman–Crippen MR) is 78.3 cm³/mol. The lowest BCUT2D eigenvalue weighted by atomic mass is 9.96. The minimum atomic E-state index is -1.19. The van der Waals surface area contributed by atoms with Crippen LogP contribution in [0.25, 0.3) is 0 Å². The molecule has 1 aromatic rings. The summed E-state index contributed by atoms with van der Waals surface area (Å²) in [6, 6.07) is 9.85. The Balaban J connectivity index is 2.43. The highest BCUT2D eigenvalue weighted by atomic mass is 16.6. The SMILES string of the molecule is CC(C)(C)OC(=O)CC(CCCc1ccccc1)C(=O)[O-]. The number of carboxylic acids is 1. The fourth-order valence-corrected chi connectivity index (χ4v) is 2.08. The number of rotatable bonds is 7. The van der Waals surface area contributed by atoms with E-state index in [9.17, 15) is 14.7 Å². The van der Waals surface area contributed by atoms with E-state index >= 15 is 0 Å². The number of aryl methyl sites for hydroxylation is 1. The van der Waals surface area contributed by atoms with Crippen molar-refractivity contribution >= 4 is 11.9 Å². The van der Waals surface area contributed by atoms with Gasteiger partial charge >= 0.3 is 5.97 Å². The molecule has 0 fully saturated rings. The first kappa shape index (κ1) is 17.2. The Morgan fingerprint density at radius 3 is 2.33 bits per heavy atom. The first-order valence-electron chi connectivity index (χ1n) is 7.24. The number of hydrogen-bond acceptors (Lipinski definition) is 4. The van der Waals surface area contributed by atoms with Gasteiger partial charge in [-0.05, 0) is 45.6 Å². The molecule has 0 bridgehead atoms. The van der Waals surface area contributed by atoms with Crippen LogP contribution in [0, 0.1) is 5.92 Å². The van der Waals surface area contributed by atoms with Crippen molar-refractivity contribution in [2.24, 2.45) is 5.92 Å². The van der Waals surface area contributed by atoms with Crippen molar-refractivity contribution in [3.8, 4) is 0 Å². The summed E-state index contributed by atoms with van der Waals surface area (Å²) in [7, 11) is 0. The normalized spacial score (nSPS) is 12.7. The van der Waals surface area contributed by atoms with Gasteiger partial charge in [0.2, 0.25) is 0 Å². The van der Waals surface area contributed by atoms with Crippen molar-refractivity contribution in [1.82, 2.24) is 0 Å². The summed E-state index contributed by atoms with van der Waals surface area (Å²) in [6.07, 6.45) is 1.77. The average molecular weight is 291 g/mol. The summed E-state index contributed by atoms with van der Waals surface area (Å²) in [5, 5.41) is 11.1. The molecule has 0 radical (unpaired) electrons. The van der Waals surface area contributed by atoms with Crippen LogP contribution in [0.1, 0.15) is 45.6 Å². The van der Waals surface area contributed by atoms with Crippen LogP contribution < -0.4 is 5.11 Å². The summed E-state index contributed by atoms with van der Waals surface area (Å²) in [6.45, 7) is 5.27. The first-order chi connectivity index (χ1) is 9.78. The van der Waals surface area contributed by atoms with Gasteiger partial charge in [0.05, 0.1) is 6.42 Å². The molecule has 0 N–H and O–H groups in total. The van der Waals surface area contributed by atoms with Gasteiger partial charge in [-0.15, -0.1) is 0 Å². The van der Waals surface area contributed by atoms with Crippen molar-refractivity contribution in [3.63, 3.8) is 0 Å². The Bertz CT molecular complexity index is 459. The summed E-state index contributed by atoms with van der Waals surface area (Å²) in [5.41, 5.74) is 0.560. The maximum atomic E-state index is 11.7. The standard InChI is InChI=1S/C17H24O4/c1-17(2,3)21-15(18)12-14(16(19)20)11-7-10-13-8-5-4-6-9-13/h4-6,8-9,14H,7,10-12H2,1-3H3,(H,19,20)/p-1. The van der Waals surface area contributed by atoms with E-state index < -0.39 is 23.5 Å². The van der Waals surface area contributed by atoms with Crippen LogP contribution in [0.4, 0.5) is 0 Å². The molecule has 0 aliphatic carbocycles. The smallest absolute Gasteiger partial charge is 0.306 e. The second kappa shape index (κ2) is 7.81. The highest BCUT2D eigenvalue weighted by Gasteiger charge is 2.21. The average Bonchev–Trinajstić information content (AvgIpc) is 2.36. The highest BCUT2D eigenvalue weighted by molar-refractivity contribution is 5.77. The fourth-order valence-electron chi connectivity index (χ4n) is 2.08. The third-order valence-corrected chi connectivity index (χ3v) is 3.03. The molecule has 4 nitrogen and oxygen atoms in total. The third-order valence-electron chi connectivity index (χ3n) is 3.03. The van der Waals surface area contributed by atoms with Gasteiger partial charge in [0, 0.05) is 11.9 Å². The van der Waals surface area contributed by atoms with Gasteiger partial charge in [-0.1, -0.05) is 30.3 Å². The van der Waals surface area contributed by atoms with E-state index in [-0.39, 0.29) is 6.42 Å². The Morgan fingerprint density at radius 1 is 1.19 bits per heavy atom. The lowest BCUT2D eigenvalue weighted by molar-refractivity contribution is -0.312. The van der Waals surface area contributed by atoms with Crippen LogP contribution in [-0.4, -0.2) is 17.5 Å². The largest absolute Gasteiger partial charge is 0.550 e. The number of hydrogen-bond donors (Lipinski definition) is 0. The monoisotopic (exact) mass is 291 g/mol. The van der Waals surface area contributed by atoms with Crippen molar-refractivity contribution in [2.45, 2.75) is 52.1 Å². The zero-order chi connectivity index (χ0) is 15.9. The number of carbonyl (C=O) groups excluding carboxylic acids is 2. The molecular weight excluding hydrogens is 268 g/mol. The molecule has 21 heavy (non-hydrogen) atoms. The highest BCUT2D eigenvalue weighted by Crippen LogP contribution is 2.17. The van der Waals surface area contributed by atoms with Gasteiger partial charge in [-0.2, -0.15) is 0 Å². The summed E-state index contributed by atoms with van der Waals surface area (Å²) >= 11 is 0. The van der Waals surface area contributed by atoms with E-state index in [4.69, 9.17) is 4.74 Å². The van der Waals surface area contributed by atoms with Crippen molar-refractivity contribution in [3.05, 3.63) is 35.9 Å². The molecule has 0 aromatic heterocycles. The van der Waals surface area contributed by atoms with Gasteiger partial charge in [-0.3, -0.25) is 4.79 Å². The van der Waals surface area contributed by atoms with E-state index in [1.165, 1.54) is 0 Å². The molecule has 0 saturated heterocycles. The van der Waals surface area contributed by atoms with E-state index in [0.29, 0.717) is 12.8 Å². The fraction of sp³-hybridized carbons (Fsp3) is 0.529. The number of aliphatic carboxylic acids is 1. The van der Waals surface area contributed by atoms with Crippen LogP contribution in [-0.2, 0) is 20.7 Å². The summed E-state index contributed by atoms with van der Waals surface area (Å²) in [4.78, 5) is 22.8. The van der Waals surface area contributed by atoms with Gasteiger partial charge in [0.25, 0.3) is 0 Å². The van der Waals surface area contributed by atoms with E-state index in [1.54, 1.807) is 20.8 Å². The van der Waals surface area contributed by atoms with Crippen LogP contribution >= 0.6 is 0 Å². The maximum Gasteiger partial charge on any atom is 0.306 e.